The molecule has 0 aromatic heterocycles. The number of carbonyl (C=O) groups excluding carboxylic acids is 2. The van der Waals surface area contributed by atoms with Crippen LogP contribution in [0.2, 0.25) is 0 Å². The highest BCUT2D eigenvalue weighted by molar-refractivity contribution is 5.89. The Morgan fingerprint density at radius 2 is 1.70 bits per heavy atom. The summed E-state index contributed by atoms with van der Waals surface area (Å²) in [5, 5.41) is 9.08. The second kappa shape index (κ2) is 11.2. The molecular formula is C27H36N4O2. The Morgan fingerprint density at radius 1 is 1.03 bits per heavy atom. The largest absolute Gasteiger partial charge is 0.372 e. The van der Waals surface area contributed by atoms with Crippen molar-refractivity contribution >= 4 is 28.9 Å². The van der Waals surface area contributed by atoms with Gasteiger partial charge in [-0.3, -0.25) is 9.59 Å². The first-order valence-corrected chi connectivity index (χ1v) is 12.4. The number of carbonyl (C=O) groups is 2. The zero-order valence-corrected chi connectivity index (χ0v) is 19.6. The van der Waals surface area contributed by atoms with E-state index in [2.05, 4.69) is 52.0 Å². The zero-order chi connectivity index (χ0) is 23.0. The summed E-state index contributed by atoms with van der Waals surface area (Å²) in [6.45, 7) is 5.50. The minimum Gasteiger partial charge on any atom is -0.372 e. The molecule has 176 valence electrons. The van der Waals surface area contributed by atoms with Gasteiger partial charge in [0.25, 0.3) is 0 Å². The summed E-state index contributed by atoms with van der Waals surface area (Å²) in [5.41, 5.74) is 4.42. The van der Waals surface area contributed by atoms with Gasteiger partial charge in [-0.05, 0) is 60.7 Å². The van der Waals surface area contributed by atoms with E-state index in [9.17, 15) is 9.59 Å². The molecule has 0 saturated carbocycles. The van der Waals surface area contributed by atoms with Crippen LogP contribution in [0.25, 0.3) is 0 Å². The first-order chi connectivity index (χ1) is 16.1. The van der Waals surface area contributed by atoms with Crippen LogP contribution in [0.5, 0.6) is 0 Å². The normalized spacial score (nSPS) is 18.8. The molecule has 33 heavy (non-hydrogen) atoms. The second-order valence-corrected chi connectivity index (χ2v) is 9.36. The molecule has 6 nitrogen and oxygen atoms in total. The molecule has 1 atom stereocenters. The maximum Gasteiger partial charge on any atom is 0.225 e. The molecule has 2 amide bonds. The first kappa shape index (κ1) is 23.1. The van der Waals surface area contributed by atoms with Crippen molar-refractivity contribution in [2.45, 2.75) is 52.0 Å². The SMILES string of the molecule is CCCCC1CCN(c2ccc(Nc3ccc(CNC(=O)C4CNC(=O)C4)cc3)cc2)CC1. The molecule has 0 radical (unpaired) electrons. The molecule has 6 heteroatoms. The monoisotopic (exact) mass is 448 g/mol. The number of benzene rings is 2. The van der Waals surface area contributed by atoms with Crippen LogP contribution >= 0.6 is 0 Å². The van der Waals surface area contributed by atoms with Crippen LogP contribution in [0.3, 0.4) is 0 Å². The van der Waals surface area contributed by atoms with Gasteiger partial charge in [0.05, 0.1) is 5.92 Å². The smallest absolute Gasteiger partial charge is 0.225 e. The Hall–Kier alpha value is -3.02. The molecule has 2 saturated heterocycles. The van der Waals surface area contributed by atoms with E-state index in [-0.39, 0.29) is 24.2 Å². The number of rotatable bonds is 9. The third-order valence-electron chi connectivity index (χ3n) is 6.87. The van der Waals surface area contributed by atoms with E-state index in [4.69, 9.17) is 0 Å². The fraction of sp³-hybridized carbons (Fsp3) is 0.481. The van der Waals surface area contributed by atoms with E-state index in [1.807, 2.05) is 24.3 Å². The molecular weight excluding hydrogens is 412 g/mol. The Kier molecular flexibility index (Phi) is 7.87. The molecule has 3 N–H and O–H groups in total. The standard InChI is InChI=1S/C27H36N4O2/c1-2-3-4-20-13-15-31(16-14-20)25-11-9-24(10-12-25)30-23-7-5-21(6-8-23)18-29-27(33)22-17-26(32)28-19-22/h5-12,20,22,30H,2-4,13-19H2,1H3,(H,28,32)(H,29,33). The number of hydrogen-bond acceptors (Lipinski definition) is 4. The van der Waals surface area contributed by atoms with Gasteiger partial charge in [0.2, 0.25) is 11.8 Å². The third-order valence-corrected chi connectivity index (χ3v) is 6.87. The van der Waals surface area contributed by atoms with Crippen LogP contribution in [0.1, 0.15) is 51.0 Å². The van der Waals surface area contributed by atoms with Crippen molar-refractivity contribution in [3.8, 4) is 0 Å². The van der Waals surface area contributed by atoms with Crippen molar-refractivity contribution in [2.24, 2.45) is 11.8 Å². The molecule has 2 fully saturated rings. The fourth-order valence-corrected chi connectivity index (χ4v) is 4.72. The summed E-state index contributed by atoms with van der Waals surface area (Å²) in [4.78, 5) is 25.9. The number of piperidine rings is 1. The molecule has 4 rings (SSSR count). The Morgan fingerprint density at radius 3 is 2.30 bits per heavy atom. The lowest BCUT2D eigenvalue weighted by Gasteiger charge is -2.33. The van der Waals surface area contributed by atoms with Crippen LogP contribution in [0.15, 0.2) is 48.5 Å². The second-order valence-electron chi connectivity index (χ2n) is 9.36. The van der Waals surface area contributed by atoms with E-state index in [1.165, 1.54) is 37.8 Å². The van der Waals surface area contributed by atoms with E-state index < -0.39 is 0 Å². The number of unbranched alkanes of at least 4 members (excludes halogenated alkanes) is 1. The average Bonchev–Trinajstić information content (AvgIpc) is 3.29. The molecule has 1 unspecified atom stereocenters. The summed E-state index contributed by atoms with van der Waals surface area (Å²) in [7, 11) is 0. The van der Waals surface area contributed by atoms with Gasteiger partial charge in [0.1, 0.15) is 0 Å². The van der Waals surface area contributed by atoms with E-state index in [0.717, 1.165) is 35.9 Å². The summed E-state index contributed by atoms with van der Waals surface area (Å²) in [6.07, 6.45) is 6.95. The predicted molar refractivity (Wildman–Crippen MR) is 134 cm³/mol. The fourth-order valence-electron chi connectivity index (χ4n) is 4.72. The molecule has 2 aromatic carbocycles. The maximum absolute atomic E-state index is 12.2. The lowest BCUT2D eigenvalue weighted by Crippen LogP contribution is -2.33. The third kappa shape index (κ3) is 6.50. The van der Waals surface area contributed by atoms with Crippen LogP contribution < -0.4 is 20.9 Å². The summed E-state index contributed by atoms with van der Waals surface area (Å²) >= 11 is 0. The Labute approximate surface area is 197 Å². The van der Waals surface area contributed by atoms with Gasteiger partial charge in [-0.15, -0.1) is 0 Å². The summed E-state index contributed by atoms with van der Waals surface area (Å²) in [5.74, 6) is 0.530. The van der Waals surface area contributed by atoms with E-state index in [0.29, 0.717) is 13.1 Å². The van der Waals surface area contributed by atoms with Gasteiger partial charge < -0.3 is 20.9 Å². The van der Waals surface area contributed by atoms with Gasteiger partial charge in [0, 0.05) is 49.7 Å². The number of nitrogens with one attached hydrogen (secondary N) is 3. The number of nitrogens with zero attached hydrogens (tertiary/aromatic N) is 1. The summed E-state index contributed by atoms with van der Waals surface area (Å²) < 4.78 is 0. The highest BCUT2D eigenvalue weighted by Crippen LogP contribution is 2.28. The topological polar surface area (TPSA) is 73.5 Å². The summed E-state index contributed by atoms with van der Waals surface area (Å²) in [6, 6.07) is 16.8. The van der Waals surface area contributed by atoms with Crippen molar-refractivity contribution < 1.29 is 9.59 Å². The van der Waals surface area contributed by atoms with Crippen molar-refractivity contribution in [1.82, 2.24) is 10.6 Å². The van der Waals surface area contributed by atoms with Gasteiger partial charge in [-0.2, -0.15) is 0 Å². The van der Waals surface area contributed by atoms with Crippen LogP contribution in [0, 0.1) is 11.8 Å². The van der Waals surface area contributed by atoms with Crippen molar-refractivity contribution in [2.75, 3.05) is 29.9 Å². The molecule has 2 heterocycles. The molecule has 0 aliphatic carbocycles. The molecule has 0 bridgehead atoms. The van der Waals surface area contributed by atoms with Crippen LogP contribution in [-0.2, 0) is 16.1 Å². The van der Waals surface area contributed by atoms with Crippen molar-refractivity contribution in [1.29, 1.82) is 0 Å². The van der Waals surface area contributed by atoms with Gasteiger partial charge in [-0.1, -0.05) is 38.3 Å². The number of amides is 2. The quantitative estimate of drug-likeness (QED) is 0.525. The minimum absolute atomic E-state index is 0.0504. The lowest BCUT2D eigenvalue weighted by molar-refractivity contribution is -0.126. The van der Waals surface area contributed by atoms with Crippen LogP contribution in [0.4, 0.5) is 17.1 Å². The average molecular weight is 449 g/mol. The number of hydrogen-bond donors (Lipinski definition) is 3. The van der Waals surface area contributed by atoms with Crippen LogP contribution in [-0.4, -0.2) is 31.4 Å². The number of anilines is 3. The van der Waals surface area contributed by atoms with E-state index in [1.54, 1.807) is 0 Å². The molecule has 2 aliphatic rings. The maximum atomic E-state index is 12.2. The Balaban J connectivity index is 1.23. The van der Waals surface area contributed by atoms with Crippen molar-refractivity contribution in [3.63, 3.8) is 0 Å². The predicted octanol–water partition coefficient (Wildman–Crippen LogP) is 4.59. The zero-order valence-electron chi connectivity index (χ0n) is 19.6. The van der Waals surface area contributed by atoms with Gasteiger partial charge in [0.15, 0.2) is 0 Å². The molecule has 0 spiro atoms. The van der Waals surface area contributed by atoms with Crippen molar-refractivity contribution in [3.05, 3.63) is 54.1 Å². The minimum atomic E-state index is -0.256. The highest BCUT2D eigenvalue weighted by atomic mass is 16.2. The van der Waals surface area contributed by atoms with E-state index >= 15 is 0 Å². The lowest BCUT2D eigenvalue weighted by atomic mass is 9.91. The van der Waals surface area contributed by atoms with Gasteiger partial charge in [-0.25, -0.2) is 0 Å². The first-order valence-electron chi connectivity index (χ1n) is 12.4. The Bertz CT molecular complexity index is 918. The molecule has 2 aliphatic heterocycles. The highest BCUT2D eigenvalue weighted by Gasteiger charge is 2.27. The molecule has 2 aromatic rings. The van der Waals surface area contributed by atoms with Gasteiger partial charge >= 0.3 is 0 Å².